The molecule has 1 saturated carbocycles. The molecular weight excluding hydrogens is 338 g/mol. The van der Waals surface area contributed by atoms with Crippen molar-refractivity contribution < 1.29 is 18.4 Å². The Hall–Kier alpha value is -1.98. The lowest BCUT2D eigenvalue weighted by Crippen LogP contribution is -2.49. The number of nitrogens with zero attached hydrogens (tertiary/aromatic N) is 1. The molecule has 0 spiro atoms. The van der Waals surface area contributed by atoms with E-state index in [0.717, 1.165) is 31.5 Å². The maximum absolute atomic E-state index is 13.6. The molecule has 1 aromatic carbocycles. The SMILES string of the molecule is O=C(NCCCC(=O)N1CCCC2CCCCC21)c1ccc(F)cc1F. The predicted octanol–water partition coefficient (Wildman–Crippen LogP) is 3.66. The van der Waals surface area contributed by atoms with Gasteiger partial charge >= 0.3 is 0 Å². The fourth-order valence-corrected chi connectivity index (χ4v) is 4.29. The third kappa shape index (κ3) is 4.40. The molecule has 6 heteroatoms. The quantitative estimate of drug-likeness (QED) is 0.811. The lowest BCUT2D eigenvalue weighted by molar-refractivity contribution is -0.137. The first-order valence-corrected chi connectivity index (χ1v) is 9.59. The zero-order valence-corrected chi connectivity index (χ0v) is 15.0. The van der Waals surface area contributed by atoms with Gasteiger partial charge in [-0.1, -0.05) is 12.8 Å². The molecule has 1 aliphatic heterocycles. The first-order chi connectivity index (χ1) is 12.6. The van der Waals surface area contributed by atoms with E-state index in [1.807, 2.05) is 0 Å². The molecular formula is C20H26F2N2O2. The molecule has 2 aliphatic rings. The smallest absolute Gasteiger partial charge is 0.254 e. The number of hydrogen-bond acceptors (Lipinski definition) is 2. The maximum atomic E-state index is 13.6. The van der Waals surface area contributed by atoms with Crippen LogP contribution in [-0.2, 0) is 4.79 Å². The summed E-state index contributed by atoms with van der Waals surface area (Å²) in [6.45, 7) is 1.14. The molecule has 0 aromatic heterocycles. The van der Waals surface area contributed by atoms with E-state index >= 15 is 0 Å². The summed E-state index contributed by atoms with van der Waals surface area (Å²) in [6, 6.07) is 3.27. The Morgan fingerprint density at radius 1 is 1.12 bits per heavy atom. The van der Waals surface area contributed by atoms with Gasteiger partial charge in [-0.3, -0.25) is 9.59 Å². The predicted molar refractivity (Wildman–Crippen MR) is 94.6 cm³/mol. The average molecular weight is 364 g/mol. The van der Waals surface area contributed by atoms with Gasteiger partial charge in [0.1, 0.15) is 11.6 Å². The lowest BCUT2D eigenvalue weighted by Gasteiger charge is -2.44. The van der Waals surface area contributed by atoms with Crippen molar-refractivity contribution in [2.45, 2.75) is 57.4 Å². The third-order valence-electron chi connectivity index (χ3n) is 5.59. The average Bonchev–Trinajstić information content (AvgIpc) is 2.64. The van der Waals surface area contributed by atoms with Crippen LogP contribution in [0.3, 0.4) is 0 Å². The molecule has 4 nitrogen and oxygen atoms in total. The van der Waals surface area contributed by atoms with Gasteiger partial charge in [0.25, 0.3) is 5.91 Å². The standard InChI is InChI=1S/C20H26F2N2O2/c21-15-9-10-16(17(22)13-15)20(26)23-11-3-8-19(25)24-12-4-6-14-5-1-2-7-18(14)24/h9-10,13-14,18H,1-8,11-12H2,(H,23,26). The summed E-state index contributed by atoms with van der Waals surface area (Å²) in [7, 11) is 0. The lowest BCUT2D eigenvalue weighted by atomic mass is 9.78. The monoisotopic (exact) mass is 364 g/mol. The molecule has 2 fully saturated rings. The normalized spacial score (nSPS) is 22.6. The molecule has 1 saturated heterocycles. The zero-order chi connectivity index (χ0) is 18.5. The first kappa shape index (κ1) is 18.8. The topological polar surface area (TPSA) is 49.4 Å². The highest BCUT2D eigenvalue weighted by molar-refractivity contribution is 5.94. The van der Waals surface area contributed by atoms with Crippen molar-refractivity contribution in [1.82, 2.24) is 10.2 Å². The Labute approximate surface area is 152 Å². The van der Waals surface area contributed by atoms with Crippen molar-refractivity contribution in [2.75, 3.05) is 13.1 Å². The highest BCUT2D eigenvalue weighted by Gasteiger charge is 2.35. The highest BCUT2D eigenvalue weighted by Crippen LogP contribution is 2.35. The van der Waals surface area contributed by atoms with Crippen LogP contribution in [0.25, 0.3) is 0 Å². The van der Waals surface area contributed by atoms with Crippen molar-refractivity contribution in [3.05, 3.63) is 35.4 Å². The number of piperidine rings is 1. The van der Waals surface area contributed by atoms with Gasteiger partial charge in [0.05, 0.1) is 5.56 Å². The number of fused-ring (bicyclic) bond motifs is 1. The molecule has 3 rings (SSSR count). The van der Waals surface area contributed by atoms with Crippen molar-refractivity contribution >= 4 is 11.8 Å². The van der Waals surface area contributed by atoms with Gasteiger partial charge in [0.2, 0.25) is 5.91 Å². The number of carbonyl (C=O) groups is 2. The second-order valence-corrected chi connectivity index (χ2v) is 7.32. The van der Waals surface area contributed by atoms with E-state index < -0.39 is 17.5 Å². The van der Waals surface area contributed by atoms with Gasteiger partial charge in [-0.25, -0.2) is 8.78 Å². The van der Waals surface area contributed by atoms with Crippen LogP contribution in [0.4, 0.5) is 8.78 Å². The molecule has 26 heavy (non-hydrogen) atoms. The minimum Gasteiger partial charge on any atom is -0.352 e. The van der Waals surface area contributed by atoms with Crippen LogP contribution in [0.15, 0.2) is 18.2 Å². The van der Waals surface area contributed by atoms with Gasteiger partial charge in [-0.2, -0.15) is 0 Å². The number of nitrogens with one attached hydrogen (secondary N) is 1. The number of likely N-dealkylation sites (tertiary alicyclic amines) is 1. The van der Waals surface area contributed by atoms with Crippen LogP contribution in [0, 0.1) is 17.6 Å². The fourth-order valence-electron chi connectivity index (χ4n) is 4.29. The summed E-state index contributed by atoms with van der Waals surface area (Å²) >= 11 is 0. The van der Waals surface area contributed by atoms with E-state index in [2.05, 4.69) is 10.2 Å². The Morgan fingerprint density at radius 3 is 2.69 bits per heavy atom. The summed E-state index contributed by atoms with van der Waals surface area (Å²) < 4.78 is 26.5. The number of hydrogen-bond donors (Lipinski definition) is 1. The van der Waals surface area contributed by atoms with Crippen LogP contribution >= 0.6 is 0 Å². The van der Waals surface area contributed by atoms with E-state index in [1.54, 1.807) is 0 Å². The Bertz CT molecular complexity index is 663. The summed E-state index contributed by atoms with van der Waals surface area (Å²) in [5, 5.41) is 2.60. The van der Waals surface area contributed by atoms with E-state index in [9.17, 15) is 18.4 Å². The Morgan fingerprint density at radius 2 is 1.88 bits per heavy atom. The number of carbonyl (C=O) groups excluding carboxylic acids is 2. The molecule has 0 bridgehead atoms. The second kappa shape index (κ2) is 8.60. The van der Waals surface area contributed by atoms with Crippen molar-refractivity contribution in [2.24, 2.45) is 5.92 Å². The van der Waals surface area contributed by atoms with E-state index in [0.29, 0.717) is 37.4 Å². The third-order valence-corrected chi connectivity index (χ3v) is 5.59. The van der Waals surface area contributed by atoms with E-state index in [4.69, 9.17) is 0 Å². The highest BCUT2D eigenvalue weighted by atomic mass is 19.1. The van der Waals surface area contributed by atoms with E-state index in [1.165, 1.54) is 25.7 Å². The largest absolute Gasteiger partial charge is 0.352 e. The number of benzene rings is 1. The van der Waals surface area contributed by atoms with Crippen LogP contribution in [0.2, 0.25) is 0 Å². The summed E-state index contributed by atoms with van der Waals surface area (Å²) in [5.74, 6) is -1.37. The molecule has 1 heterocycles. The summed E-state index contributed by atoms with van der Waals surface area (Å²) in [4.78, 5) is 26.6. The molecule has 1 aliphatic carbocycles. The Kier molecular flexibility index (Phi) is 6.22. The van der Waals surface area contributed by atoms with Crippen LogP contribution in [0.5, 0.6) is 0 Å². The summed E-state index contributed by atoms with van der Waals surface area (Å²) in [5.41, 5.74) is -0.182. The van der Waals surface area contributed by atoms with Crippen LogP contribution in [0.1, 0.15) is 61.7 Å². The molecule has 2 atom stereocenters. The number of halogens is 2. The number of rotatable bonds is 5. The zero-order valence-electron chi connectivity index (χ0n) is 15.0. The Balaban J connectivity index is 1.44. The van der Waals surface area contributed by atoms with E-state index in [-0.39, 0.29) is 11.5 Å². The molecule has 2 unspecified atom stereocenters. The number of amides is 2. The minimum atomic E-state index is -0.879. The van der Waals surface area contributed by atoms with Crippen molar-refractivity contribution in [3.63, 3.8) is 0 Å². The molecule has 2 amide bonds. The van der Waals surface area contributed by atoms with Crippen LogP contribution < -0.4 is 5.32 Å². The molecule has 142 valence electrons. The summed E-state index contributed by atoms with van der Waals surface area (Å²) in [6.07, 6.45) is 8.02. The van der Waals surface area contributed by atoms with Gasteiger partial charge in [-0.05, 0) is 50.2 Å². The maximum Gasteiger partial charge on any atom is 0.254 e. The molecule has 1 aromatic rings. The molecule has 1 N–H and O–H groups in total. The van der Waals surface area contributed by atoms with Crippen molar-refractivity contribution in [1.29, 1.82) is 0 Å². The van der Waals surface area contributed by atoms with Crippen LogP contribution in [-0.4, -0.2) is 35.8 Å². The van der Waals surface area contributed by atoms with Crippen molar-refractivity contribution in [3.8, 4) is 0 Å². The first-order valence-electron chi connectivity index (χ1n) is 9.59. The van der Waals surface area contributed by atoms with Gasteiger partial charge in [0.15, 0.2) is 0 Å². The second-order valence-electron chi connectivity index (χ2n) is 7.32. The van der Waals surface area contributed by atoms with Gasteiger partial charge in [0, 0.05) is 31.6 Å². The van der Waals surface area contributed by atoms with Gasteiger partial charge in [-0.15, -0.1) is 0 Å². The minimum absolute atomic E-state index is 0.156. The molecule has 0 radical (unpaired) electrons. The fraction of sp³-hybridized carbons (Fsp3) is 0.600. The van der Waals surface area contributed by atoms with Gasteiger partial charge < -0.3 is 10.2 Å².